The van der Waals surface area contributed by atoms with Gasteiger partial charge in [0.15, 0.2) is 5.17 Å². The fraction of sp³-hybridized carbons (Fsp3) is 0.167. The summed E-state index contributed by atoms with van der Waals surface area (Å²) in [6.07, 6.45) is 0.0547. The van der Waals surface area contributed by atoms with Crippen molar-refractivity contribution in [2.45, 2.75) is 25.9 Å². The van der Waals surface area contributed by atoms with Crippen molar-refractivity contribution in [2.24, 2.45) is 4.99 Å². The maximum atomic E-state index is 13.5. The number of nitrogens with one attached hydrogen (secondary N) is 1. The van der Waals surface area contributed by atoms with Crippen LogP contribution in [-0.4, -0.2) is 33.5 Å². The Morgan fingerprint density at radius 2 is 1.70 bits per heavy atom. The lowest BCUT2D eigenvalue weighted by Gasteiger charge is -2.36. The summed E-state index contributed by atoms with van der Waals surface area (Å²) in [5.41, 5.74) is 3.70. The zero-order valence-electron chi connectivity index (χ0n) is 21.7. The first kappa shape index (κ1) is 26.9. The Morgan fingerprint density at radius 3 is 2.35 bits per heavy atom. The Kier molecular flexibility index (Phi) is 8.07. The van der Waals surface area contributed by atoms with Crippen molar-refractivity contribution in [1.29, 1.82) is 0 Å². The Morgan fingerprint density at radius 1 is 1.02 bits per heavy atom. The van der Waals surface area contributed by atoms with Crippen molar-refractivity contribution in [3.8, 4) is 0 Å². The minimum Gasteiger partial charge on any atom is -0.463 e. The van der Waals surface area contributed by atoms with Gasteiger partial charge >= 0.3 is 5.97 Å². The monoisotopic (exact) mass is 554 g/mol. The van der Waals surface area contributed by atoms with E-state index >= 15 is 0 Å². The van der Waals surface area contributed by atoms with Crippen molar-refractivity contribution in [1.82, 2.24) is 10.2 Å². The lowest BCUT2D eigenvalue weighted by atomic mass is 9.91. The molecule has 0 aliphatic carbocycles. The standard InChI is InChI=1S/C30H26N4O5S/c1-2-39-29(36)26-27(21-11-7-4-8-12-21)32-30-33(28(26)22-13-15-23(16-14-22)34(37)38)24(19-40-30)17-25(35)31-18-20-9-5-3-6-10-20/h3-16,19,28H,2,17-18H2,1H3,(H,31,35). The molecular weight excluding hydrogens is 528 g/mol. The van der Waals surface area contributed by atoms with Crippen molar-refractivity contribution in [3.63, 3.8) is 0 Å². The number of ether oxygens (including phenoxy) is 1. The molecule has 5 rings (SSSR count). The van der Waals surface area contributed by atoms with Crippen LogP contribution in [0.3, 0.4) is 0 Å². The molecule has 0 aromatic heterocycles. The molecule has 40 heavy (non-hydrogen) atoms. The second-order valence-corrected chi connectivity index (χ2v) is 9.87. The molecule has 0 spiro atoms. The molecule has 0 saturated heterocycles. The summed E-state index contributed by atoms with van der Waals surface area (Å²) >= 11 is 1.36. The molecule has 1 N–H and O–H groups in total. The number of aliphatic imine (C=N–C) groups is 1. The van der Waals surface area contributed by atoms with Crippen LogP contribution < -0.4 is 5.32 Å². The second kappa shape index (κ2) is 12.0. The first-order valence-corrected chi connectivity index (χ1v) is 13.6. The Balaban J connectivity index is 1.54. The number of nitrogens with zero attached hydrogens (tertiary/aromatic N) is 3. The second-order valence-electron chi connectivity index (χ2n) is 9.03. The molecule has 1 unspecified atom stereocenters. The van der Waals surface area contributed by atoms with Crippen molar-refractivity contribution in [3.05, 3.63) is 128 Å². The summed E-state index contributed by atoms with van der Waals surface area (Å²) in [5, 5.41) is 16.7. The fourth-order valence-corrected chi connectivity index (χ4v) is 5.52. The van der Waals surface area contributed by atoms with E-state index < -0.39 is 16.9 Å². The molecule has 202 valence electrons. The van der Waals surface area contributed by atoms with Crippen LogP contribution in [0.5, 0.6) is 0 Å². The van der Waals surface area contributed by atoms with Crippen LogP contribution in [0.2, 0.25) is 0 Å². The molecule has 9 nitrogen and oxygen atoms in total. The molecule has 0 bridgehead atoms. The topological polar surface area (TPSA) is 114 Å². The predicted molar refractivity (Wildman–Crippen MR) is 154 cm³/mol. The zero-order valence-corrected chi connectivity index (χ0v) is 22.5. The number of hydrogen-bond acceptors (Lipinski definition) is 8. The molecule has 2 aliphatic heterocycles. The number of rotatable bonds is 9. The van der Waals surface area contributed by atoms with Gasteiger partial charge in [0.1, 0.15) is 0 Å². The minimum atomic E-state index is -0.717. The van der Waals surface area contributed by atoms with Gasteiger partial charge in [0.2, 0.25) is 5.91 Å². The fourth-order valence-electron chi connectivity index (χ4n) is 4.61. The summed E-state index contributed by atoms with van der Waals surface area (Å²) < 4.78 is 5.49. The number of amidine groups is 1. The third-order valence-corrected chi connectivity index (χ3v) is 7.34. The Bertz CT molecular complexity index is 1520. The largest absolute Gasteiger partial charge is 0.463 e. The average molecular weight is 555 g/mol. The average Bonchev–Trinajstić information content (AvgIpc) is 3.38. The molecule has 0 saturated carbocycles. The van der Waals surface area contributed by atoms with Crippen LogP contribution >= 0.6 is 11.8 Å². The van der Waals surface area contributed by atoms with Gasteiger partial charge < -0.3 is 15.0 Å². The highest BCUT2D eigenvalue weighted by molar-refractivity contribution is 8.16. The number of esters is 1. The number of nitro benzene ring substituents is 1. The van der Waals surface area contributed by atoms with Gasteiger partial charge in [-0.3, -0.25) is 14.9 Å². The molecule has 3 aromatic carbocycles. The number of hydrogen-bond donors (Lipinski definition) is 1. The summed E-state index contributed by atoms with van der Waals surface area (Å²) in [7, 11) is 0. The van der Waals surface area contributed by atoms with Gasteiger partial charge in [-0.1, -0.05) is 72.4 Å². The lowest BCUT2D eigenvalue weighted by molar-refractivity contribution is -0.384. The first-order chi connectivity index (χ1) is 19.5. The van der Waals surface area contributed by atoms with E-state index in [2.05, 4.69) is 5.32 Å². The number of non-ortho nitro benzene ring substituents is 1. The number of benzene rings is 3. The summed E-state index contributed by atoms with van der Waals surface area (Å²) in [5.74, 6) is -0.729. The SMILES string of the molecule is CCOC(=O)C1=C(c2ccccc2)N=C2SC=C(CC(=O)NCc3ccccc3)N2C1c1ccc([N+](=O)[O-])cc1. The Labute approximate surface area is 235 Å². The third kappa shape index (κ3) is 5.67. The maximum Gasteiger partial charge on any atom is 0.338 e. The number of carbonyl (C=O) groups is 2. The number of fused-ring (bicyclic) bond motifs is 1. The third-order valence-electron chi connectivity index (χ3n) is 6.45. The molecule has 1 atom stereocenters. The van der Waals surface area contributed by atoms with E-state index in [1.165, 1.54) is 23.9 Å². The van der Waals surface area contributed by atoms with Gasteiger partial charge in [-0.05, 0) is 35.6 Å². The van der Waals surface area contributed by atoms with Gasteiger partial charge in [-0.15, -0.1) is 0 Å². The van der Waals surface area contributed by atoms with E-state index in [1.54, 1.807) is 19.1 Å². The van der Waals surface area contributed by atoms with Crippen molar-refractivity contribution in [2.75, 3.05) is 6.61 Å². The lowest BCUT2D eigenvalue weighted by Crippen LogP contribution is -2.38. The quantitative estimate of drug-likeness (QED) is 0.209. The van der Waals surface area contributed by atoms with Gasteiger partial charge in [0.25, 0.3) is 5.69 Å². The molecular formula is C30H26N4O5S. The zero-order chi connectivity index (χ0) is 28.1. The molecule has 0 fully saturated rings. The van der Waals surface area contributed by atoms with E-state index in [1.807, 2.05) is 71.0 Å². The van der Waals surface area contributed by atoms with Crippen molar-refractivity contribution >= 4 is 40.2 Å². The van der Waals surface area contributed by atoms with Gasteiger partial charge in [-0.25, -0.2) is 9.79 Å². The number of thioether (sulfide) groups is 1. The van der Waals surface area contributed by atoms with Crippen LogP contribution in [0.15, 0.2) is 107 Å². The normalized spacial score (nSPS) is 16.1. The molecule has 1 amide bonds. The summed E-state index contributed by atoms with van der Waals surface area (Å²) in [6, 6.07) is 24.3. The molecule has 3 aromatic rings. The van der Waals surface area contributed by atoms with Gasteiger partial charge in [-0.2, -0.15) is 0 Å². The summed E-state index contributed by atoms with van der Waals surface area (Å²) in [6.45, 7) is 2.28. The molecule has 10 heteroatoms. The van der Waals surface area contributed by atoms with E-state index in [4.69, 9.17) is 9.73 Å². The maximum absolute atomic E-state index is 13.5. The van der Waals surface area contributed by atoms with Crippen LogP contribution in [-0.2, 0) is 20.9 Å². The highest BCUT2D eigenvalue weighted by atomic mass is 32.2. The van der Waals surface area contributed by atoms with Crippen LogP contribution in [0, 0.1) is 10.1 Å². The highest BCUT2D eigenvalue weighted by Gasteiger charge is 2.42. The summed E-state index contributed by atoms with van der Waals surface area (Å²) in [4.78, 5) is 44.1. The highest BCUT2D eigenvalue weighted by Crippen LogP contribution is 2.47. The predicted octanol–water partition coefficient (Wildman–Crippen LogP) is 5.58. The Hall–Kier alpha value is -4.70. The van der Waals surface area contributed by atoms with Gasteiger partial charge in [0.05, 0.1) is 35.3 Å². The van der Waals surface area contributed by atoms with E-state index in [0.29, 0.717) is 34.2 Å². The molecule has 2 aliphatic rings. The molecule has 2 heterocycles. The van der Waals surface area contributed by atoms with E-state index in [0.717, 1.165) is 11.1 Å². The van der Waals surface area contributed by atoms with E-state index in [-0.39, 0.29) is 24.6 Å². The minimum absolute atomic E-state index is 0.0547. The van der Waals surface area contributed by atoms with Crippen LogP contribution in [0.4, 0.5) is 5.69 Å². The number of carbonyl (C=O) groups excluding carboxylic acids is 2. The van der Waals surface area contributed by atoms with Crippen LogP contribution in [0.25, 0.3) is 5.70 Å². The first-order valence-electron chi connectivity index (χ1n) is 12.7. The van der Waals surface area contributed by atoms with Crippen molar-refractivity contribution < 1.29 is 19.2 Å². The smallest absolute Gasteiger partial charge is 0.338 e. The number of amides is 1. The molecule has 0 radical (unpaired) electrons. The van der Waals surface area contributed by atoms with E-state index in [9.17, 15) is 19.7 Å². The van der Waals surface area contributed by atoms with Crippen LogP contribution in [0.1, 0.15) is 36.1 Å². The van der Waals surface area contributed by atoms with Gasteiger partial charge in [0, 0.05) is 29.9 Å². The number of nitro groups is 1.